The molecule has 0 radical (unpaired) electrons. The number of hydrazone groups is 1. The third-order valence-corrected chi connectivity index (χ3v) is 6.28. The first kappa shape index (κ1) is 21.9. The Morgan fingerprint density at radius 2 is 1.81 bits per heavy atom. The molecule has 9 heteroatoms. The quantitative estimate of drug-likeness (QED) is 0.519. The Morgan fingerprint density at radius 1 is 1.10 bits per heavy atom. The third kappa shape index (κ3) is 5.13. The van der Waals surface area contributed by atoms with E-state index in [0.717, 1.165) is 11.1 Å². The van der Waals surface area contributed by atoms with Crippen molar-refractivity contribution in [1.82, 2.24) is 4.83 Å². The van der Waals surface area contributed by atoms with Crippen LogP contribution in [-0.4, -0.2) is 45.0 Å². The van der Waals surface area contributed by atoms with Crippen LogP contribution in [0.3, 0.4) is 0 Å². The summed E-state index contributed by atoms with van der Waals surface area (Å²) < 4.78 is 48.6. The van der Waals surface area contributed by atoms with Crippen LogP contribution >= 0.6 is 0 Å². The number of ether oxygens (including phenoxy) is 4. The second kappa shape index (κ2) is 8.68. The smallest absolute Gasteiger partial charge is 0.276 e. The highest BCUT2D eigenvalue weighted by molar-refractivity contribution is 7.89. The minimum Gasteiger partial charge on any atom is -0.367 e. The van der Waals surface area contributed by atoms with Crippen LogP contribution in [0.5, 0.6) is 0 Å². The second-order valence-electron chi connectivity index (χ2n) is 8.02. The van der Waals surface area contributed by atoms with Crippen molar-refractivity contribution in [3.63, 3.8) is 0 Å². The summed E-state index contributed by atoms with van der Waals surface area (Å²) in [7, 11) is -3.79. The fourth-order valence-electron chi connectivity index (χ4n) is 3.52. The topological polar surface area (TPSA) is 95.5 Å². The van der Waals surface area contributed by atoms with Crippen molar-refractivity contribution in [2.45, 2.75) is 62.7 Å². The van der Waals surface area contributed by atoms with Gasteiger partial charge in [-0.3, -0.25) is 0 Å². The molecule has 0 aliphatic carbocycles. The summed E-state index contributed by atoms with van der Waals surface area (Å²) in [5, 5.41) is 3.91. The van der Waals surface area contributed by atoms with E-state index >= 15 is 0 Å². The average Bonchev–Trinajstić information content (AvgIpc) is 3.18. The summed E-state index contributed by atoms with van der Waals surface area (Å²) in [6, 6.07) is 16.2. The second-order valence-corrected chi connectivity index (χ2v) is 9.68. The lowest BCUT2D eigenvalue weighted by molar-refractivity contribution is -0.210. The van der Waals surface area contributed by atoms with Crippen molar-refractivity contribution in [2.75, 3.05) is 0 Å². The molecule has 2 fully saturated rings. The highest BCUT2D eigenvalue weighted by Gasteiger charge is 2.55. The van der Waals surface area contributed by atoms with Crippen LogP contribution < -0.4 is 4.83 Å². The normalized spacial score (nSPS) is 27.5. The molecule has 31 heavy (non-hydrogen) atoms. The van der Waals surface area contributed by atoms with E-state index in [4.69, 9.17) is 18.9 Å². The Hall–Kier alpha value is -2.30. The Balaban J connectivity index is 1.45. The molecule has 0 amide bonds. The molecule has 166 valence electrons. The minimum atomic E-state index is -3.79. The fourth-order valence-corrected chi connectivity index (χ4v) is 4.32. The van der Waals surface area contributed by atoms with Gasteiger partial charge in [-0.2, -0.15) is 13.5 Å². The number of benzene rings is 2. The van der Waals surface area contributed by atoms with Crippen LogP contribution in [0.4, 0.5) is 0 Å². The molecule has 2 aromatic carbocycles. The van der Waals surface area contributed by atoms with Gasteiger partial charge >= 0.3 is 0 Å². The molecule has 0 saturated carbocycles. The Labute approximate surface area is 182 Å². The van der Waals surface area contributed by atoms with Crippen LogP contribution in [0.25, 0.3) is 0 Å². The summed E-state index contributed by atoms with van der Waals surface area (Å²) in [6.07, 6.45) is -0.862. The van der Waals surface area contributed by atoms with Gasteiger partial charge in [0.2, 0.25) is 0 Å². The van der Waals surface area contributed by atoms with E-state index in [1.54, 1.807) is 12.1 Å². The van der Waals surface area contributed by atoms with E-state index < -0.39 is 40.4 Å². The van der Waals surface area contributed by atoms with Crippen molar-refractivity contribution in [1.29, 1.82) is 0 Å². The maximum Gasteiger partial charge on any atom is 0.276 e. The van der Waals surface area contributed by atoms with Gasteiger partial charge in [-0.1, -0.05) is 48.0 Å². The highest BCUT2D eigenvalue weighted by atomic mass is 32.2. The number of fused-ring (bicyclic) bond motifs is 1. The van der Waals surface area contributed by atoms with E-state index in [2.05, 4.69) is 9.93 Å². The highest BCUT2D eigenvalue weighted by Crippen LogP contribution is 2.38. The van der Waals surface area contributed by atoms with E-state index in [9.17, 15) is 8.42 Å². The Bertz CT molecular complexity index is 1020. The molecule has 0 unspecified atom stereocenters. The third-order valence-electron chi connectivity index (χ3n) is 5.04. The zero-order valence-corrected chi connectivity index (χ0v) is 18.4. The first-order valence-electron chi connectivity index (χ1n) is 10.0. The lowest BCUT2D eigenvalue weighted by atomic mass is 10.1. The molecule has 8 nitrogen and oxygen atoms in total. The van der Waals surface area contributed by atoms with Gasteiger partial charge in [-0.25, -0.2) is 4.83 Å². The number of nitrogens with one attached hydrogen (secondary N) is 1. The Kier molecular flexibility index (Phi) is 6.14. The number of rotatable bonds is 7. The molecule has 2 aliphatic heterocycles. The summed E-state index contributed by atoms with van der Waals surface area (Å²) in [5.74, 6) is -0.793. The van der Waals surface area contributed by atoms with Crippen LogP contribution in [0.15, 0.2) is 64.6 Å². The van der Waals surface area contributed by atoms with E-state index in [1.165, 1.54) is 18.3 Å². The van der Waals surface area contributed by atoms with Crippen molar-refractivity contribution in [3.8, 4) is 0 Å². The molecule has 2 aromatic rings. The maximum absolute atomic E-state index is 12.4. The first-order chi connectivity index (χ1) is 14.7. The zero-order valence-electron chi connectivity index (χ0n) is 17.6. The number of hydrogen-bond acceptors (Lipinski definition) is 7. The van der Waals surface area contributed by atoms with Gasteiger partial charge in [-0.15, -0.1) is 0 Å². The number of nitrogens with zero attached hydrogens (tertiary/aromatic N) is 1. The lowest BCUT2D eigenvalue weighted by Gasteiger charge is -2.24. The van der Waals surface area contributed by atoms with Crippen molar-refractivity contribution in [3.05, 3.63) is 65.7 Å². The van der Waals surface area contributed by atoms with Crippen molar-refractivity contribution in [2.24, 2.45) is 5.10 Å². The molecular formula is C22H26N2O6S. The molecule has 2 heterocycles. The first-order valence-corrected chi connectivity index (χ1v) is 11.5. The lowest BCUT2D eigenvalue weighted by Crippen LogP contribution is -2.38. The van der Waals surface area contributed by atoms with Crippen LogP contribution in [0.1, 0.15) is 25.0 Å². The van der Waals surface area contributed by atoms with Crippen LogP contribution in [-0.2, 0) is 35.6 Å². The van der Waals surface area contributed by atoms with Gasteiger partial charge in [0.1, 0.15) is 18.3 Å². The van der Waals surface area contributed by atoms with E-state index in [-0.39, 0.29) is 4.90 Å². The maximum atomic E-state index is 12.4. The molecule has 0 bridgehead atoms. The van der Waals surface area contributed by atoms with Crippen LogP contribution in [0.2, 0.25) is 0 Å². The van der Waals surface area contributed by atoms with Gasteiger partial charge in [0.05, 0.1) is 17.7 Å². The summed E-state index contributed by atoms with van der Waals surface area (Å²) in [5.41, 5.74) is 1.97. The van der Waals surface area contributed by atoms with Gasteiger partial charge < -0.3 is 18.9 Å². The number of aryl methyl sites for hydroxylation is 1. The minimum absolute atomic E-state index is 0.129. The summed E-state index contributed by atoms with van der Waals surface area (Å²) >= 11 is 0. The number of hydrogen-bond donors (Lipinski definition) is 1. The molecular weight excluding hydrogens is 420 g/mol. The summed E-state index contributed by atoms with van der Waals surface area (Å²) in [4.78, 5) is 2.35. The molecule has 4 rings (SSSR count). The van der Waals surface area contributed by atoms with Gasteiger partial charge in [0.15, 0.2) is 12.1 Å². The van der Waals surface area contributed by atoms with Gasteiger partial charge in [-0.05, 0) is 38.5 Å². The molecule has 0 spiro atoms. The SMILES string of the molecule is Cc1ccc(S(=O)(=O)N/N=C\[C@H]2O[C@@H]3OC(C)(C)O[C@@H]3[C@H]2OCc2ccccc2)cc1. The molecule has 0 aromatic heterocycles. The predicted octanol–water partition coefficient (Wildman–Crippen LogP) is 2.72. The number of sulfonamides is 1. The van der Waals surface area contributed by atoms with Gasteiger partial charge in [0.25, 0.3) is 10.0 Å². The molecule has 2 saturated heterocycles. The van der Waals surface area contributed by atoms with Crippen LogP contribution in [0, 0.1) is 6.92 Å². The predicted molar refractivity (Wildman–Crippen MR) is 114 cm³/mol. The molecule has 4 atom stereocenters. The van der Waals surface area contributed by atoms with Crippen molar-refractivity contribution >= 4 is 16.2 Å². The van der Waals surface area contributed by atoms with Crippen molar-refractivity contribution < 1.29 is 27.4 Å². The zero-order chi connectivity index (χ0) is 22.1. The Morgan fingerprint density at radius 3 is 2.52 bits per heavy atom. The largest absolute Gasteiger partial charge is 0.367 e. The standard InChI is InChI=1S/C22H26N2O6S/c1-15-9-11-17(12-10-15)31(25,26)24-23-13-18-19(27-14-16-7-5-4-6-8-16)20-21(28-18)30-22(2,3)29-20/h4-13,18-21,24H,14H2,1-3H3/b23-13-/t18-,19+,20-,21-/m1/s1. The van der Waals surface area contributed by atoms with Gasteiger partial charge in [0, 0.05) is 0 Å². The van der Waals surface area contributed by atoms with E-state index in [0.29, 0.717) is 6.61 Å². The monoisotopic (exact) mass is 446 g/mol. The van der Waals surface area contributed by atoms with E-state index in [1.807, 2.05) is 51.1 Å². The molecule has 1 N–H and O–H groups in total. The summed E-state index contributed by atoms with van der Waals surface area (Å²) in [6.45, 7) is 5.85. The molecule has 2 aliphatic rings. The fraction of sp³-hybridized carbons (Fsp3) is 0.409. The average molecular weight is 447 g/mol.